The molecule has 0 spiro atoms. The third kappa shape index (κ3) is 6.32. The molecule has 326 valence electrons. The normalized spacial score (nSPS) is 13.7. The SMILES string of the molecule is CC(C)(C)c1cccc(-n2c(-c3cc4c5ccccc5oc4c4c3[n-]c3ccc(C(C)(C)C)cc34)nc3c(-c4[c-]c(N5c6ccccc6C(C)(C)c6cccnc65)ccc4)cccc32)c1.[Pt+2]. The van der Waals surface area contributed by atoms with E-state index in [2.05, 4.69) is 204 Å². The summed E-state index contributed by atoms with van der Waals surface area (Å²) in [5, 5.41) is 4.20. The molecule has 11 aromatic rings. The van der Waals surface area contributed by atoms with Crippen molar-refractivity contribution in [2.24, 2.45) is 0 Å². The zero-order valence-corrected chi connectivity index (χ0v) is 40.7. The number of benzene rings is 7. The van der Waals surface area contributed by atoms with Crippen LogP contribution in [0.5, 0.6) is 0 Å². The van der Waals surface area contributed by atoms with Gasteiger partial charge in [-0.3, -0.25) is 4.57 Å². The summed E-state index contributed by atoms with van der Waals surface area (Å²) in [6.45, 7) is 18.1. The number of anilines is 3. The Balaban J connectivity index is 0.00000481. The van der Waals surface area contributed by atoms with Gasteiger partial charge in [-0.05, 0) is 81.1 Å². The number of nitrogens with zero attached hydrogens (tertiary/aromatic N) is 5. The molecule has 66 heavy (non-hydrogen) atoms. The molecule has 7 heteroatoms. The molecule has 1 aliphatic rings. The third-order valence-electron chi connectivity index (χ3n) is 13.7. The van der Waals surface area contributed by atoms with Crippen molar-refractivity contribution >= 4 is 72.0 Å². The van der Waals surface area contributed by atoms with Crippen LogP contribution in [-0.2, 0) is 37.3 Å². The van der Waals surface area contributed by atoms with E-state index in [1.165, 1.54) is 22.3 Å². The molecule has 0 atom stereocenters. The predicted molar refractivity (Wildman–Crippen MR) is 268 cm³/mol. The standard InChI is InChI=1S/C59H49N5O.Pt/c1-57(2,3)36-18-14-20-39(32-36)64-49-26-15-22-40(35-17-13-19-38(31-35)63-48-25-11-10-23-45(48)59(7,8)46-24-16-30-60-56(46)63)52(49)62-55(64)44-34-42-41-21-9-12-27-50(41)65-54(42)51-43-33-37(58(4,5)6)28-29-47(43)61-53(44)51;/h9-30,32-34H,1-8H3;/q-2;+2. The van der Waals surface area contributed by atoms with Crippen molar-refractivity contribution in [2.45, 2.75) is 71.6 Å². The summed E-state index contributed by atoms with van der Waals surface area (Å²) < 4.78 is 9.13. The Hall–Kier alpha value is -6.75. The van der Waals surface area contributed by atoms with Gasteiger partial charge in [-0.2, -0.15) is 0 Å². The minimum atomic E-state index is -0.220. The Kier molecular flexibility index (Phi) is 9.45. The van der Waals surface area contributed by atoms with E-state index in [4.69, 9.17) is 19.4 Å². The summed E-state index contributed by atoms with van der Waals surface area (Å²) in [5.41, 5.74) is 15.9. The van der Waals surface area contributed by atoms with Crippen molar-refractivity contribution in [2.75, 3.05) is 4.90 Å². The molecule has 0 fully saturated rings. The monoisotopic (exact) mass is 1040 g/mol. The molecule has 0 aliphatic carbocycles. The van der Waals surface area contributed by atoms with E-state index < -0.39 is 0 Å². The van der Waals surface area contributed by atoms with Crippen LogP contribution in [0.15, 0.2) is 156 Å². The Labute approximate surface area is 399 Å². The Morgan fingerprint density at radius 1 is 0.652 bits per heavy atom. The van der Waals surface area contributed by atoms with Crippen LogP contribution in [0.4, 0.5) is 17.2 Å². The van der Waals surface area contributed by atoms with E-state index in [-0.39, 0.29) is 37.3 Å². The van der Waals surface area contributed by atoms with Gasteiger partial charge in [0.25, 0.3) is 0 Å². The molecule has 7 aromatic carbocycles. The van der Waals surface area contributed by atoms with Crippen LogP contribution in [0.1, 0.15) is 77.6 Å². The summed E-state index contributed by atoms with van der Waals surface area (Å²) in [6.07, 6.45) is 1.89. The minimum Gasteiger partial charge on any atom is -0.656 e. The van der Waals surface area contributed by atoms with Crippen molar-refractivity contribution in [3.05, 3.63) is 180 Å². The summed E-state index contributed by atoms with van der Waals surface area (Å²) >= 11 is 0. The number of para-hydroxylation sites is 3. The van der Waals surface area contributed by atoms with Gasteiger partial charge in [0.05, 0.1) is 11.0 Å². The van der Waals surface area contributed by atoms with Crippen LogP contribution in [0.2, 0.25) is 0 Å². The first-order chi connectivity index (χ1) is 31.3. The number of fused-ring (bicyclic) bond motifs is 10. The van der Waals surface area contributed by atoms with Crippen LogP contribution in [0.3, 0.4) is 0 Å². The quantitative estimate of drug-likeness (QED) is 0.164. The van der Waals surface area contributed by atoms with Crippen LogP contribution in [0.25, 0.3) is 83.0 Å². The van der Waals surface area contributed by atoms with Crippen molar-refractivity contribution < 1.29 is 25.5 Å². The van der Waals surface area contributed by atoms with Crippen LogP contribution in [0, 0.1) is 6.07 Å². The number of furan rings is 1. The van der Waals surface area contributed by atoms with Gasteiger partial charge >= 0.3 is 21.1 Å². The molecule has 0 unspecified atom stereocenters. The molecule has 0 bridgehead atoms. The van der Waals surface area contributed by atoms with Gasteiger partial charge in [0.15, 0.2) is 0 Å². The summed E-state index contributed by atoms with van der Waals surface area (Å²) in [6, 6.07) is 55.9. The minimum absolute atomic E-state index is 0. The van der Waals surface area contributed by atoms with E-state index in [1.54, 1.807) is 0 Å². The van der Waals surface area contributed by atoms with Gasteiger partial charge in [0.1, 0.15) is 22.8 Å². The van der Waals surface area contributed by atoms with E-state index in [0.717, 1.165) is 100 Å². The molecule has 4 aromatic heterocycles. The zero-order valence-electron chi connectivity index (χ0n) is 38.4. The average molecular weight is 1040 g/mol. The number of hydrogen-bond donors (Lipinski definition) is 0. The zero-order chi connectivity index (χ0) is 44.6. The molecule has 0 N–H and O–H groups in total. The van der Waals surface area contributed by atoms with Crippen molar-refractivity contribution in [1.29, 1.82) is 0 Å². The average Bonchev–Trinajstić information content (AvgIpc) is 4.00. The smallest absolute Gasteiger partial charge is 0.656 e. The molecule has 0 radical (unpaired) electrons. The second kappa shape index (κ2) is 14.9. The molecule has 6 nitrogen and oxygen atoms in total. The Morgan fingerprint density at radius 3 is 2.23 bits per heavy atom. The van der Waals surface area contributed by atoms with E-state index in [0.29, 0.717) is 0 Å². The maximum absolute atomic E-state index is 6.79. The molecular weight excluding hydrogens is 990 g/mol. The van der Waals surface area contributed by atoms with E-state index in [1.807, 2.05) is 18.3 Å². The van der Waals surface area contributed by atoms with Gasteiger partial charge in [-0.25, -0.2) is 9.97 Å². The van der Waals surface area contributed by atoms with E-state index >= 15 is 0 Å². The number of rotatable bonds is 4. The fourth-order valence-electron chi connectivity index (χ4n) is 10.2. The van der Waals surface area contributed by atoms with Crippen molar-refractivity contribution in [3.8, 4) is 28.2 Å². The van der Waals surface area contributed by atoms with E-state index in [9.17, 15) is 0 Å². The number of pyridine rings is 1. The Bertz CT molecular complexity index is 3690. The first-order valence-electron chi connectivity index (χ1n) is 22.6. The first-order valence-corrected chi connectivity index (χ1v) is 22.6. The van der Waals surface area contributed by atoms with Gasteiger partial charge in [-0.15, -0.1) is 40.9 Å². The van der Waals surface area contributed by atoms with Gasteiger partial charge < -0.3 is 14.3 Å². The largest absolute Gasteiger partial charge is 2.00 e. The predicted octanol–water partition coefficient (Wildman–Crippen LogP) is 15.4. The number of imidazole rings is 1. The molecule has 5 heterocycles. The van der Waals surface area contributed by atoms with Crippen molar-refractivity contribution in [1.82, 2.24) is 19.5 Å². The van der Waals surface area contributed by atoms with Gasteiger partial charge in [0, 0.05) is 50.3 Å². The van der Waals surface area contributed by atoms with Crippen LogP contribution in [-0.4, -0.2) is 14.5 Å². The molecule has 12 rings (SSSR count). The molecule has 0 amide bonds. The fourth-order valence-corrected chi connectivity index (χ4v) is 10.2. The fraction of sp³-hybridized carbons (Fsp3) is 0.186. The summed E-state index contributed by atoms with van der Waals surface area (Å²) in [4.78, 5) is 18.5. The molecular formula is C59H49N5OPt. The second-order valence-electron chi connectivity index (χ2n) is 20.3. The Morgan fingerprint density at radius 2 is 1.39 bits per heavy atom. The third-order valence-corrected chi connectivity index (χ3v) is 13.7. The van der Waals surface area contributed by atoms with Gasteiger partial charge in [-0.1, -0.05) is 146 Å². The maximum atomic E-state index is 6.79. The molecule has 0 saturated heterocycles. The molecule has 0 saturated carbocycles. The maximum Gasteiger partial charge on any atom is 2.00 e. The van der Waals surface area contributed by atoms with Crippen molar-refractivity contribution in [3.63, 3.8) is 0 Å². The topological polar surface area (TPSA) is 61.2 Å². The van der Waals surface area contributed by atoms with Crippen LogP contribution >= 0.6 is 0 Å². The first kappa shape index (κ1) is 41.9. The molecule has 1 aliphatic heterocycles. The van der Waals surface area contributed by atoms with Gasteiger partial charge in [0.2, 0.25) is 0 Å². The second-order valence-corrected chi connectivity index (χ2v) is 20.3. The number of aromatic nitrogens is 4. The van der Waals surface area contributed by atoms with Crippen LogP contribution < -0.4 is 9.88 Å². The number of hydrogen-bond acceptors (Lipinski definition) is 4. The summed E-state index contributed by atoms with van der Waals surface area (Å²) in [5.74, 6) is 1.74. The summed E-state index contributed by atoms with van der Waals surface area (Å²) in [7, 11) is 0.